The number of pyridine rings is 1. The van der Waals surface area contributed by atoms with E-state index in [-0.39, 0.29) is 11.4 Å². The van der Waals surface area contributed by atoms with Crippen LogP contribution in [-0.4, -0.2) is 17.9 Å². The molecule has 0 fully saturated rings. The molecule has 4 nitrogen and oxygen atoms in total. The van der Waals surface area contributed by atoms with Crippen LogP contribution >= 0.6 is 0 Å². The van der Waals surface area contributed by atoms with Crippen molar-refractivity contribution in [3.63, 3.8) is 0 Å². The van der Waals surface area contributed by atoms with Gasteiger partial charge in [-0.2, -0.15) is 0 Å². The Balaban J connectivity index is 2.50. The van der Waals surface area contributed by atoms with E-state index in [9.17, 15) is 9.18 Å². The summed E-state index contributed by atoms with van der Waals surface area (Å²) in [5, 5.41) is 0. The summed E-state index contributed by atoms with van der Waals surface area (Å²) in [5.74, 6) is -0.325. The number of ketones is 1. The second kappa shape index (κ2) is 4.60. The third-order valence-electron chi connectivity index (χ3n) is 2.58. The zero-order chi connectivity index (χ0) is 13.3. The molecule has 94 valence electrons. The Morgan fingerprint density at radius 3 is 2.67 bits per heavy atom. The van der Waals surface area contributed by atoms with E-state index < -0.39 is 11.6 Å². The Hall–Kier alpha value is -2.17. The topological polar surface area (TPSA) is 52.3 Å². The zero-order valence-corrected chi connectivity index (χ0v) is 10.3. The van der Waals surface area contributed by atoms with Crippen LogP contribution in [0.25, 0.3) is 0 Å². The van der Waals surface area contributed by atoms with Gasteiger partial charge in [-0.1, -0.05) is 0 Å². The molecule has 0 bridgehead atoms. The summed E-state index contributed by atoms with van der Waals surface area (Å²) in [5.41, 5.74) is 0.269. The molecule has 0 aliphatic heterocycles. The summed E-state index contributed by atoms with van der Waals surface area (Å²) in [6.45, 7) is 3.39. The lowest BCUT2D eigenvalue weighted by atomic mass is 10.0. The molecule has 2 rings (SSSR count). The first-order chi connectivity index (χ1) is 8.54. The van der Waals surface area contributed by atoms with Crippen LogP contribution in [0, 0.1) is 19.7 Å². The normalized spacial score (nSPS) is 10.4. The Labute approximate surface area is 103 Å². The van der Waals surface area contributed by atoms with E-state index in [0.717, 1.165) is 0 Å². The number of hydrogen-bond acceptors (Lipinski definition) is 4. The van der Waals surface area contributed by atoms with Crippen molar-refractivity contribution in [3.05, 3.63) is 46.8 Å². The highest BCUT2D eigenvalue weighted by Crippen LogP contribution is 2.23. The van der Waals surface area contributed by atoms with Crippen molar-refractivity contribution in [2.24, 2.45) is 0 Å². The van der Waals surface area contributed by atoms with Gasteiger partial charge < -0.3 is 9.15 Å². The minimum atomic E-state index is -0.761. The van der Waals surface area contributed by atoms with Gasteiger partial charge in [0.15, 0.2) is 11.6 Å². The standard InChI is InChI=1S/C13H12FNO3/c1-7-6-10(8(2)18-7)12(16)9-4-5-15-13(17-3)11(9)14/h4-6H,1-3H3. The van der Waals surface area contributed by atoms with Gasteiger partial charge >= 0.3 is 0 Å². The molecule has 5 heteroatoms. The summed E-state index contributed by atoms with van der Waals surface area (Å²) in [6, 6.07) is 2.91. The number of aryl methyl sites for hydroxylation is 2. The van der Waals surface area contributed by atoms with Crippen LogP contribution < -0.4 is 4.74 Å². The number of carbonyl (C=O) groups is 1. The zero-order valence-electron chi connectivity index (χ0n) is 10.3. The van der Waals surface area contributed by atoms with Crippen LogP contribution in [0.2, 0.25) is 0 Å². The largest absolute Gasteiger partial charge is 0.479 e. The van der Waals surface area contributed by atoms with Crippen LogP contribution in [-0.2, 0) is 0 Å². The van der Waals surface area contributed by atoms with Gasteiger partial charge in [0.05, 0.1) is 18.2 Å². The molecule has 0 aliphatic carbocycles. The maximum atomic E-state index is 13.9. The second-order valence-corrected chi connectivity index (χ2v) is 3.84. The molecule has 2 aromatic heterocycles. The van der Waals surface area contributed by atoms with Crippen molar-refractivity contribution < 1.29 is 18.3 Å². The average molecular weight is 249 g/mol. The van der Waals surface area contributed by atoms with E-state index >= 15 is 0 Å². The van der Waals surface area contributed by atoms with Crippen molar-refractivity contribution in [2.75, 3.05) is 7.11 Å². The van der Waals surface area contributed by atoms with Gasteiger partial charge in [-0.05, 0) is 26.0 Å². The molecule has 0 amide bonds. The number of hydrogen-bond donors (Lipinski definition) is 0. The van der Waals surface area contributed by atoms with Crippen LogP contribution in [0.15, 0.2) is 22.7 Å². The Bertz CT molecular complexity index is 604. The first-order valence-electron chi connectivity index (χ1n) is 5.34. The summed E-state index contributed by atoms with van der Waals surface area (Å²) in [7, 11) is 1.30. The maximum Gasteiger partial charge on any atom is 0.250 e. The number of methoxy groups -OCH3 is 1. The lowest BCUT2D eigenvalue weighted by Gasteiger charge is -2.04. The van der Waals surface area contributed by atoms with Crippen LogP contribution in [0.4, 0.5) is 4.39 Å². The van der Waals surface area contributed by atoms with Gasteiger partial charge in [-0.3, -0.25) is 4.79 Å². The van der Waals surface area contributed by atoms with E-state index in [1.54, 1.807) is 19.9 Å². The van der Waals surface area contributed by atoms with Crippen LogP contribution in [0.3, 0.4) is 0 Å². The van der Waals surface area contributed by atoms with E-state index in [1.165, 1.54) is 19.4 Å². The molecule has 0 N–H and O–H groups in total. The average Bonchev–Trinajstić information content (AvgIpc) is 2.68. The highest BCUT2D eigenvalue weighted by atomic mass is 19.1. The first-order valence-corrected chi connectivity index (χ1v) is 5.34. The number of rotatable bonds is 3. The Morgan fingerprint density at radius 1 is 1.39 bits per heavy atom. The fraction of sp³-hybridized carbons (Fsp3) is 0.231. The molecular formula is C13H12FNO3. The number of aromatic nitrogens is 1. The number of nitrogens with zero attached hydrogens (tertiary/aromatic N) is 1. The number of halogens is 1. The van der Waals surface area contributed by atoms with E-state index in [0.29, 0.717) is 17.1 Å². The Kier molecular flexibility index (Phi) is 3.14. The molecule has 0 saturated heterocycles. The molecule has 2 aromatic rings. The number of carbonyl (C=O) groups excluding carboxylic acids is 1. The lowest BCUT2D eigenvalue weighted by Crippen LogP contribution is -2.06. The van der Waals surface area contributed by atoms with Crippen molar-refractivity contribution in [2.45, 2.75) is 13.8 Å². The summed E-state index contributed by atoms with van der Waals surface area (Å²) >= 11 is 0. The lowest BCUT2D eigenvalue weighted by molar-refractivity contribution is 0.103. The second-order valence-electron chi connectivity index (χ2n) is 3.84. The van der Waals surface area contributed by atoms with E-state index in [4.69, 9.17) is 9.15 Å². The quantitative estimate of drug-likeness (QED) is 0.785. The van der Waals surface area contributed by atoms with Crippen molar-refractivity contribution >= 4 is 5.78 Å². The number of ether oxygens (including phenoxy) is 1. The predicted octanol–water partition coefficient (Wildman–Crippen LogP) is 2.67. The van der Waals surface area contributed by atoms with Gasteiger partial charge in [-0.15, -0.1) is 0 Å². The molecule has 0 unspecified atom stereocenters. The highest BCUT2D eigenvalue weighted by molar-refractivity contribution is 6.10. The van der Waals surface area contributed by atoms with Gasteiger partial charge in [0.1, 0.15) is 11.5 Å². The van der Waals surface area contributed by atoms with Gasteiger partial charge in [-0.25, -0.2) is 9.37 Å². The minimum absolute atomic E-state index is 0.0780. The van der Waals surface area contributed by atoms with Gasteiger partial charge in [0.25, 0.3) is 5.88 Å². The molecule has 0 atom stereocenters. The SMILES string of the molecule is COc1nccc(C(=O)c2cc(C)oc2C)c1F. The number of furan rings is 1. The third kappa shape index (κ3) is 1.99. The van der Waals surface area contributed by atoms with Crippen molar-refractivity contribution in [3.8, 4) is 5.88 Å². The summed E-state index contributed by atoms with van der Waals surface area (Å²) < 4.78 is 23.9. The molecule has 18 heavy (non-hydrogen) atoms. The smallest absolute Gasteiger partial charge is 0.250 e. The van der Waals surface area contributed by atoms with Crippen molar-refractivity contribution in [1.82, 2.24) is 4.98 Å². The highest BCUT2D eigenvalue weighted by Gasteiger charge is 2.21. The maximum absolute atomic E-state index is 13.9. The van der Waals surface area contributed by atoms with E-state index in [2.05, 4.69) is 4.98 Å². The van der Waals surface area contributed by atoms with Gasteiger partial charge in [0, 0.05) is 6.20 Å². The molecule has 2 heterocycles. The van der Waals surface area contributed by atoms with E-state index in [1.807, 2.05) is 0 Å². The third-order valence-corrected chi connectivity index (χ3v) is 2.58. The monoisotopic (exact) mass is 249 g/mol. The summed E-state index contributed by atoms with van der Waals surface area (Å²) in [4.78, 5) is 15.9. The molecule has 0 radical (unpaired) electrons. The first kappa shape index (κ1) is 12.3. The van der Waals surface area contributed by atoms with Crippen LogP contribution in [0.5, 0.6) is 5.88 Å². The molecule has 0 aromatic carbocycles. The minimum Gasteiger partial charge on any atom is -0.479 e. The molecular weight excluding hydrogens is 237 g/mol. The fourth-order valence-electron chi connectivity index (χ4n) is 1.74. The Morgan fingerprint density at radius 2 is 2.11 bits per heavy atom. The predicted molar refractivity (Wildman–Crippen MR) is 62.4 cm³/mol. The summed E-state index contributed by atoms with van der Waals surface area (Å²) in [6.07, 6.45) is 1.33. The fourth-order valence-corrected chi connectivity index (χ4v) is 1.74. The molecule has 0 aliphatic rings. The van der Waals surface area contributed by atoms with Crippen molar-refractivity contribution in [1.29, 1.82) is 0 Å². The van der Waals surface area contributed by atoms with Crippen LogP contribution in [0.1, 0.15) is 27.4 Å². The molecule has 0 spiro atoms. The molecule has 0 saturated carbocycles. The van der Waals surface area contributed by atoms with Gasteiger partial charge in [0.2, 0.25) is 0 Å².